The molecule has 2 atom stereocenters. The van der Waals surface area contributed by atoms with Gasteiger partial charge in [-0.05, 0) is 44.2 Å². The second-order valence-corrected chi connectivity index (χ2v) is 8.94. The number of hydrogen-bond donors (Lipinski definition) is 1. The lowest BCUT2D eigenvalue weighted by Gasteiger charge is -2.48. The topological polar surface area (TPSA) is 70.8 Å². The Morgan fingerprint density at radius 3 is 2.78 bits per heavy atom. The van der Waals surface area contributed by atoms with Crippen molar-refractivity contribution in [2.24, 2.45) is 18.0 Å². The van der Waals surface area contributed by atoms with E-state index in [0.29, 0.717) is 25.1 Å². The van der Waals surface area contributed by atoms with E-state index >= 15 is 0 Å². The Morgan fingerprint density at radius 2 is 2.03 bits per heavy atom. The zero-order valence-electron chi connectivity index (χ0n) is 19.7. The lowest BCUT2D eigenvalue weighted by atomic mass is 9.83. The average molecular weight is 440 g/mol. The number of aryl methyl sites for hydroxylation is 1. The van der Waals surface area contributed by atoms with Crippen LogP contribution in [0.1, 0.15) is 36.5 Å². The highest BCUT2D eigenvalue weighted by atomic mass is 16.5. The number of aromatic nitrogens is 3. The van der Waals surface area contributed by atoms with Crippen LogP contribution in [0.2, 0.25) is 0 Å². The largest absolute Gasteiger partial charge is 0.383 e. The third-order valence-corrected chi connectivity index (χ3v) is 6.85. The van der Waals surface area contributed by atoms with Crippen molar-refractivity contribution < 1.29 is 4.74 Å². The molecule has 174 valence electrons. The maximum Gasteiger partial charge on any atom is 0.194 e. The summed E-state index contributed by atoms with van der Waals surface area (Å²) in [6, 6.07) is 11.5. The SMILES string of the molecule is COCCNC(=NCc1nnc(C)n1C)N1CCC2C(CCCN2Cc2ccccc2)C1. The van der Waals surface area contributed by atoms with Crippen molar-refractivity contribution in [1.82, 2.24) is 29.9 Å². The van der Waals surface area contributed by atoms with E-state index in [0.717, 1.165) is 43.8 Å². The van der Waals surface area contributed by atoms with Gasteiger partial charge in [-0.15, -0.1) is 10.2 Å². The zero-order valence-corrected chi connectivity index (χ0v) is 19.7. The van der Waals surface area contributed by atoms with E-state index in [1.807, 2.05) is 18.5 Å². The van der Waals surface area contributed by atoms with E-state index in [9.17, 15) is 0 Å². The quantitative estimate of drug-likeness (QED) is 0.405. The van der Waals surface area contributed by atoms with Crippen molar-refractivity contribution >= 4 is 5.96 Å². The Balaban J connectivity index is 1.43. The Morgan fingerprint density at radius 1 is 1.19 bits per heavy atom. The molecule has 0 amide bonds. The number of nitrogens with zero attached hydrogens (tertiary/aromatic N) is 6. The normalized spacial score (nSPS) is 22.1. The van der Waals surface area contributed by atoms with Gasteiger partial charge < -0.3 is 19.5 Å². The maximum absolute atomic E-state index is 5.25. The summed E-state index contributed by atoms with van der Waals surface area (Å²) in [6.07, 6.45) is 3.73. The molecule has 0 saturated carbocycles. The lowest BCUT2D eigenvalue weighted by Crippen LogP contribution is -2.56. The number of hydrogen-bond acceptors (Lipinski definition) is 5. The molecule has 2 aliphatic rings. The molecule has 2 saturated heterocycles. The summed E-state index contributed by atoms with van der Waals surface area (Å²) < 4.78 is 7.26. The maximum atomic E-state index is 5.25. The molecule has 0 bridgehead atoms. The molecule has 2 unspecified atom stereocenters. The first-order chi connectivity index (χ1) is 15.7. The van der Waals surface area contributed by atoms with Crippen molar-refractivity contribution in [3.63, 3.8) is 0 Å². The Labute approximate surface area is 191 Å². The second-order valence-electron chi connectivity index (χ2n) is 8.94. The molecule has 1 aromatic carbocycles. The molecule has 2 aromatic rings. The number of piperidine rings is 2. The van der Waals surface area contributed by atoms with Gasteiger partial charge >= 0.3 is 0 Å². The first-order valence-electron chi connectivity index (χ1n) is 11.8. The third-order valence-electron chi connectivity index (χ3n) is 6.85. The summed E-state index contributed by atoms with van der Waals surface area (Å²) in [6.45, 7) is 8.22. The molecule has 1 N–H and O–H groups in total. The minimum atomic E-state index is 0.525. The Hall–Kier alpha value is -2.45. The van der Waals surface area contributed by atoms with Crippen LogP contribution in [-0.4, -0.2) is 76.5 Å². The Bertz CT molecular complexity index is 882. The number of ether oxygens (including phenoxy) is 1. The number of benzene rings is 1. The van der Waals surface area contributed by atoms with E-state index in [1.54, 1.807) is 7.11 Å². The Kier molecular flexibility index (Phi) is 7.76. The van der Waals surface area contributed by atoms with Crippen molar-refractivity contribution in [2.45, 2.75) is 45.3 Å². The van der Waals surface area contributed by atoms with Crippen molar-refractivity contribution in [1.29, 1.82) is 0 Å². The summed E-state index contributed by atoms with van der Waals surface area (Å²) in [5.41, 5.74) is 1.41. The molecule has 0 spiro atoms. The predicted molar refractivity (Wildman–Crippen MR) is 126 cm³/mol. The molecule has 8 heteroatoms. The monoisotopic (exact) mass is 439 g/mol. The van der Waals surface area contributed by atoms with Gasteiger partial charge in [0.1, 0.15) is 12.4 Å². The minimum absolute atomic E-state index is 0.525. The van der Waals surface area contributed by atoms with Gasteiger partial charge in [0.15, 0.2) is 11.8 Å². The van der Waals surface area contributed by atoms with E-state index in [2.05, 4.69) is 55.6 Å². The molecule has 0 aliphatic carbocycles. The number of methoxy groups -OCH3 is 1. The van der Waals surface area contributed by atoms with Crippen LogP contribution >= 0.6 is 0 Å². The highest BCUT2D eigenvalue weighted by molar-refractivity contribution is 5.80. The van der Waals surface area contributed by atoms with Gasteiger partial charge in [0.05, 0.1) is 6.61 Å². The zero-order chi connectivity index (χ0) is 22.3. The van der Waals surface area contributed by atoms with Crippen LogP contribution in [0.25, 0.3) is 0 Å². The predicted octanol–water partition coefficient (Wildman–Crippen LogP) is 2.20. The van der Waals surface area contributed by atoms with E-state index in [4.69, 9.17) is 9.73 Å². The fraction of sp³-hybridized carbons (Fsp3) is 0.625. The molecule has 4 rings (SSSR count). The van der Waals surface area contributed by atoms with E-state index in [-0.39, 0.29) is 0 Å². The van der Waals surface area contributed by atoms with E-state index < -0.39 is 0 Å². The van der Waals surface area contributed by atoms with Gasteiger partial charge in [0.2, 0.25) is 0 Å². The van der Waals surface area contributed by atoms with E-state index in [1.165, 1.54) is 31.4 Å². The number of nitrogens with one attached hydrogen (secondary N) is 1. The van der Waals surface area contributed by atoms with Crippen molar-refractivity contribution in [2.75, 3.05) is 39.9 Å². The summed E-state index contributed by atoms with van der Waals surface area (Å²) in [4.78, 5) is 10.1. The molecule has 8 nitrogen and oxygen atoms in total. The average Bonchev–Trinajstić information content (AvgIpc) is 3.14. The number of likely N-dealkylation sites (tertiary alicyclic amines) is 2. The first-order valence-corrected chi connectivity index (χ1v) is 11.8. The summed E-state index contributed by atoms with van der Waals surface area (Å²) >= 11 is 0. The number of aliphatic imine (C=N–C) groups is 1. The molecular formula is C24H37N7O. The van der Waals surface area contributed by atoms with Crippen LogP contribution in [0.4, 0.5) is 0 Å². The lowest BCUT2D eigenvalue weighted by molar-refractivity contribution is 0.0371. The van der Waals surface area contributed by atoms with Gasteiger partial charge in [-0.2, -0.15) is 0 Å². The fourth-order valence-electron chi connectivity index (χ4n) is 4.98. The summed E-state index contributed by atoms with van der Waals surface area (Å²) in [7, 11) is 3.72. The van der Waals surface area contributed by atoms with Crippen molar-refractivity contribution in [3.05, 3.63) is 47.5 Å². The second kappa shape index (κ2) is 10.9. The standard InChI is InChI=1S/C24H37N7O/c1-19-27-28-23(29(19)2)16-26-24(25-12-15-32-3)31-14-11-22-21(18-31)10-7-13-30(22)17-20-8-5-4-6-9-20/h4-6,8-9,21-22H,7,10-18H2,1-3H3,(H,25,26). The van der Waals surface area contributed by atoms with Crippen LogP contribution in [0.3, 0.4) is 0 Å². The fourth-order valence-corrected chi connectivity index (χ4v) is 4.98. The van der Waals surface area contributed by atoms with Gasteiger partial charge in [0, 0.05) is 46.4 Å². The van der Waals surface area contributed by atoms with Crippen LogP contribution < -0.4 is 5.32 Å². The molecule has 0 radical (unpaired) electrons. The summed E-state index contributed by atoms with van der Waals surface area (Å²) in [5.74, 6) is 3.43. The van der Waals surface area contributed by atoms with Crippen LogP contribution in [0.15, 0.2) is 35.3 Å². The van der Waals surface area contributed by atoms with Gasteiger partial charge in [-0.1, -0.05) is 30.3 Å². The van der Waals surface area contributed by atoms with Crippen LogP contribution in [0, 0.1) is 12.8 Å². The third kappa shape index (κ3) is 5.48. The molecule has 3 heterocycles. The molecule has 2 fully saturated rings. The van der Waals surface area contributed by atoms with Gasteiger partial charge in [-0.25, -0.2) is 4.99 Å². The van der Waals surface area contributed by atoms with Crippen molar-refractivity contribution in [3.8, 4) is 0 Å². The summed E-state index contributed by atoms with van der Waals surface area (Å²) in [5, 5.41) is 11.9. The first kappa shape index (κ1) is 22.7. The molecule has 2 aliphatic heterocycles. The number of fused-ring (bicyclic) bond motifs is 1. The molecule has 1 aromatic heterocycles. The van der Waals surface area contributed by atoms with Crippen LogP contribution in [0.5, 0.6) is 0 Å². The minimum Gasteiger partial charge on any atom is -0.383 e. The number of guanidine groups is 1. The van der Waals surface area contributed by atoms with Crippen LogP contribution in [-0.2, 0) is 24.9 Å². The number of rotatable bonds is 7. The smallest absolute Gasteiger partial charge is 0.194 e. The highest BCUT2D eigenvalue weighted by Gasteiger charge is 2.36. The van der Waals surface area contributed by atoms with Gasteiger partial charge in [0.25, 0.3) is 0 Å². The van der Waals surface area contributed by atoms with Gasteiger partial charge in [-0.3, -0.25) is 4.90 Å². The molecule has 32 heavy (non-hydrogen) atoms. The molecular weight excluding hydrogens is 402 g/mol. The highest BCUT2D eigenvalue weighted by Crippen LogP contribution is 2.31.